The minimum atomic E-state index is -0.301. The highest BCUT2D eigenvalue weighted by Crippen LogP contribution is 2.20. The standard InChI is InChI=1S/C26H31N3O3S/c1-4-15-28(26(31)27-22-11-8-12-23(16-22)32-3)19-25(30)29(17-21-9-6-5-7-10-21)18-24-14-13-20(2)33-24/h5-14,16H,4,15,17-19H2,1-3H3,(H,27,31). The van der Waals surface area contributed by atoms with Crippen molar-refractivity contribution in [3.05, 3.63) is 82.0 Å². The second-order valence-corrected chi connectivity index (χ2v) is 9.20. The summed E-state index contributed by atoms with van der Waals surface area (Å²) < 4.78 is 5.23. The van der Waals surface area contributed by atoms with Gasteiger partial charge < -0.3 is 19.9 Å². The Bertz CT molecular complexity index is 1050. The number of hydrogen-bond acceptors (Lipinski definition) is 4. The van der Waals surface area contributed by atoms with Crippen LogP contribution in [0.15, 0.2) is 66.7 Å². The molecule has 0 saturated carbocycles. The Balaban J connectivity index is 1.73. The summed E-state index contributed by atoms with van der Waals surface area (Å²) in [5.41, 5.74) is 1.69. The highest BCUT2D eigenvalue weighted by atomic mass is 32.1. The van der Waals surface area contributed by atoms with Crippen LogP contribution in [0, 0.1) is 6.92 Å². The van der Waals surface area contributed by atoms with Gasteiger partial charge >= 0.3 is 6.03 Å². The third kappa shape index (κ3) is 7.36. The van der Waals surface area contributed by atoms with Crippen molar-refractivity contribution in [2.24, 2.45) is 0 Å². The first-order valence-corrected chi connectivity index (χ1v) is 11.9. The van der Waals surface area contributed by atoms with E-state index in [9.17, 15) is 9.59 Å². The van der Waals surface area contributed by atoms with Gasteiger partial charge in [-0.3, -0.25) is 4.79 Å². The Kier molecular flexibility index (Phi) is 8.89. The van der Waals surface area contributed by atoms with Gasteiger partial charge in [-0.1, -0.05) is 43.3 Å². The van der Waals surface area contributed by atoms with Crippen LogP contribution in [0.3, 0.4) is 0 Å². The smallest absolute Gasteiger partial charge is 0.322 e. The molecule has 0 atom stereocenters. The van der Waals surface area contributed by atoms with Crippen LogP contribution in [0.4, 0.5) is 10.5 Å². The number of aryl methyl sites for hydroxylation is 1. The maximum Gasteiger partial charge on any atom is 0.322 e. The average molecular weight is 466 g/mol. The highest BCUT2D eigenvalue weighted by Gasteiger charge is 2.22. The number of methoxy groups -OCH3 is 1. The molecule has 2 aromatic carbocycles. The fraction of sp³-hybridized carbons (Fsp3) is 0.308. The van der Waals surface area contributed by atoms with Crippen LogP contribution in [0.5, 0.6) is 5.75 Å². The molecule has 0 aliphatic rings. The van der Waals surface area contributed by atoms with Crippen molar-refractivity contribution in [2.45, 2.75) is 33.4 Å². The van der Waals surface area contributed by atoms with E-state index in [2.05, 4.69) is 24.4 Å². The second-order valence-electron chi connectivity index (χ2n) is 7.83. The Morgan fingerprint density at radius 1 is 0.970 bits per heavy atom. The van der Waals surface area contributed by atoms with Crippen molar-refractivity contribution in [3.8, 4) is 5.75 Å². The highest BCUT2D eigenvalue weighted by molar-refractivity contribution is 7.11. The molecule has 3 rings (SSSR count). The number of nitrogens with one attached hydrogen (secondary N) is 1. The van der Waals surface area contributed by atoms with E-state index in [1.54, 1.807) is 35.5 Å². The maximum absolute atomic E-state index is 13.4. The second kappa shape index (κ2) is 12.1. The molecule has 6 nitrogen and oxygen atoms in total. The summed E-state index contributed by atoms with van der Waals surface area (Å²) >= 11 is 1.69. The Morgan fingerprint density at radius 2 is 1.76 bits per heavy atom. The van der Waals surface area contributed by atoms with E-state index >= 15 is 0 Å². The number of ether oxygens (including phenoxy) is 1. The van der Waals surface area contributed by atoms with Crippen LogP contribution >= 0.6 is 11.3 Å². The molecule has 7 heteroatoms. The SMILES string of the molecule is CCCN(CC(=O)N(Cc1ccccc1)Cc1ccc(C)s1)C(=O)Nc1cccc(OC)c1. The minimum Gasteiger partial charge on any atom is -0.497 e. The van der Waals surface area contributed by atoms with E-state index < -0.39 is 0 Å². The molecule has 174 valence electrons. The maximum atomic E-state index is 13.4. The average Bonchev–Trinajstić information content (AvgIpc) is 3.23. The molecule has 0 spiro atoms. The molecule has 0 aliphatic heterocycles. The number of carbonyl (C=O) groups excluding carboxylic acids is 2. The van der Waals surface area contributed by atoms with Crippen molar-refractivity contribution < 1.29 is 14.3 Å². The quantitative estimate of drug-likeness (QED) is 0.428. The summed E-state index contributed by atoms with van der Waals surface area (Å²) in [6.45, 7) is 5.56. The molecule has 0 aliphatic carbocycles. The fourth-order valence-corrected chi connectivity index (χ4v) is 4.39. The molecule has 33 heavy (non-hydrogen) atoms. The lowest BCUT2D eigenvalue weighted by Crippen LogP contribution is -2.44. The first-order chi connectivity index (χ1) is 16.0. The van der Waals surface area contributed by atoms with Crippen LogP contribution in [0.25, 0.3) is 0 Å². The van der Waals surface area contributed by atoms with Gasteiger partial charge in [-0.15, -0.1) is 11.3 Å². The molecule has 1 heterocycles. The van der Waals surface area contributed by atoms with E-state index in [1.807, 2.05) is 54.3 Å². The zero-order valence-electron chi connectivity index (χ0n) is 19.4. The van der Waals surface area contributed by atoms with Gasteiger partial charge in [0.05, 0.1) is 13.7 Å². The molecule has 0 unspecified atom stereocenters. The number of anilines is 1. The molecule has 1 N–H and O–H groups in total. The lowest BCUT2D eigenvalue weighted by Gasteiger charge is -2.27. The fourth-order valence-electron chi connectivity index (χ4n) is 3.48. The number of benzene rings is 2. The lowest BCUT2D eigenvalue weighted by atomic mass is 10.2. The van der Waals surface area contributed by atoms with Crippen molar-refractivity contribution in [1.29, 1.82) is 0 Å². The molecule has 3 amide bonds. The van der Waals surface area contributed by atoms with Gasteiger partial charge in [0.1, 0.15) is 12.3 Å². The molecule has 1 aromatic heterocycles. The third-order valence-corrected chi connectivity index (χ3v) is 6.12. The Hall–Kier alpha value is -3.32. The van der Waals surface area contributed by atoms with Crippen molar-refractivity contribution in [3.63, 3.8) is 0 Å². The van der Waals surface area contributed by atoms with E-state index in [4.69, 9.17) is 4.74 Å². The van der Waals surface area contributed by atoms with Crippen LogP contribution in [0.1, 0.15) is 28.7 Å². The van der Waals surface area contributed by atoms with Crippen molar-refractivity contribution in [2.75, 3.05) is 25.5 Å². The van der Waals surface area contributed by atoms with Crippen LogP contribution in [-0.4, -0.2) is 41.9 Å². The zero-order valence-corrected chi connectivity index (χ0v) is 20.2. The zero-order chi connectivity index (χ0) is 23.6. The number of urea groups is 1. The summed E-state index contributed by atoms with van der Waals surface area (Å²) in [7, 11) is 1.58. The molecule has 0 radical (unpaired) electrons. The van der Waals surface area contributed by atoms with E-state index in [-0.39, 0.29) is 18.5 Å². The van der Waals surface area contributed by atoms with Gasteiger partial charge in [0.2, 0.25) is 5.91 Å². The summed E-state index contributed by atoms with van der Waals surface area (Å²) in [5.74, 6) is 0.574. The topological polar surface area (TPSA) is 61.9 Å². The minimum absolute atomic E-state index is 0.0147. The van der Waals surface area contributed by atoms with Crippen LogP contribution in [-0.2, 0) is 17.9 Å². The molecule has 0 saturated heterocycles. The third-order valence-electron chi connectivity index (χ3n) is 5.14. The van der Waals surface area contributed by atoms with Gasteiger partial charge in [0, 0.05) is 34.6 Å². The number of rotatable bonds is 10. The van der Waals surface area contributed by atoms with Gasteiger partial charge in [-0.25, -0.2) is 4.79 Å². The predicted octanol–water partition coefficient (Wildman–Crippen LogP) is 5.54. The Morgan fingerprint density at radius 3 is 2.42 bits per heavy atom. The van der Waals surface area contributed by atoms with Gasteiger partial charge in [-0.2, -0.15) is 0 Å². The van der Waals surface area contributed by atoms with Gasteiger partial charge in [-0.05, 0) is 43.2 Å². The molecular weight excluding hydrogens is 434 g/mol. The normalized spacial score (nSPS) is 10.5. The first-order valence-electron chi connectivity index (χ1n) is 11.1. The largest absolute Gasteiger partial charge is 0.497 e. The number of thiophene rings is 1. The number of carbonyl (C=O) groups is 2. The first kappa shape index (κ1) is 24.3. The van der Waals surface area contributed by atoms with E-state index in [0.717, 1.165) is 16.9 Å². The summed E-state index contributed by atoms with van der Waals surface area (Å²) in [4.78, 5) is 32.1. The summed E-state index contributed by atoms with van der Waals surface area (Å²) in [5, 5.41) is 2.89. The van der Waals surface area contributed by atoms with Crippen LogP contribution < -0.4 is 10.1 Å². The Labute approximate surface area is 199 Å². The number of hydrogen-bond donors (Lipinski definition) is 1. The van der Waals surface area contributed by atoms with Crippen molar-refractivity contribution in [1.82, 2.24) is 9.80 Å². The predicted molar refractivity (Wildman–Crippen MR) is 134 cm³/mol. The number of nitrogens with zero attached hydrogens (tertiary/aromatic N) is 2. The lowest BCUT2D eigenvalue weighted by molar-refractivity contribution is -0.133. The van der Waals surface area contributed by atoms with Gasteiger partial charge in [0.15, 0.2) is 0 Å². The van der Waals surface area contributed by atoms with Crippen LogP contribution in [0.2, 0.25) is 0 Å². The molecule has 0 fully saturated rings. The van der Waals surface area contributed by atoms with Crippen molar-refractivity contribution >= 4 is 29.0 Å². The summed E-state index contributed by atoms with van der Waals surface area (Å²) in [6.07, 6.45) is 0.752. The summed E-state index contributed by atoms with van der Waals surface area (Å²) in [6, 6.07) is 20.9. The van der Waals surface area contributed by atoms with E-state index in [0.29, 0.717) is 31.1 Å². The molecular formula is C26H31N3O3S. The monoisotopic (exact) mass is 465 g/mol. The molecule has 0 bridgehead atoms. The molecule has 3 aromatic rings. The van der Waals surface area contributed by atoms with Gasteiger partial charge in [0.25, 0.3) is 0 Å². The van der Waals surface area contributed by atoms with E-state index in [1.165, 1.54) is 4.88 Å². The number of amides is 3.